The molecule has 1 N–H and O–H groups in total. The average Bonchev–Trinajstić information content (AvgIpc) is 2.83. The number of ether oxygens (including phenoxy) is 1. The summed E-state index contributed by atoms with van der Waals surface area (Å²) in [6.07, 6.45) is 2.33. The van der Waals surface area contributed by atoms with Crippen LogP contribution in [0.3, 0.4) is 0 Å². The summed E-state index contributed by atoms with van der Waals surface area (Å²) >= 11 is 6.08. The molecule has 1 aromatic heterocycles. The molecule has 1 aromatic carbocycles. The Balaban J connectivity index is 1.95. The van der Waals surface area contributed by atoms with Crippen molar-refractivity contribution in [3.05, 3.63) is 46.7 Å². The van der Waals surface area contributed by atoms with Crippen molar-refractivity contribution < 1.29 is 9.53 Å². The van der Waals surface area contributed by atoms with Crippen molar-refractivity contribution in [2.24, 2.45) is 7.05 Å². The monoisotopic (exact) mass is 321 g/mol. The van der Waals surface area contributed by atoms with Gasteiger partial charge in [-0.1, -0.05) is 30.7 Å². The van der Waals surface area contributed by atoms with Gasteiger partial charge in [-0.2, -0.15) is 5.10 Å². The molecular weight excluding hydrogens is 302 g/mol. The Kier molecular flexibility index (Phi) is 5.44. The molecule has 22 heavy (non-hydrogen) atoms. The zero-order chi connectivity index (χ0) is 16.1. The number of nitrogens with zero attached hydrogens (tertiary/aromatic N) is 2. The topological polar surface area (TPSA) is 56.2 Å². The van der Waals surface area contributed by atoms with Crippen molar-refractivity contribution >= 4 is 17.5 Å². The van der Waals surface area contributed by atoms with Crippen molar-refractivity contribution in [3.63, 3.8) is 0 Å². The number of rotatable bonds is 6. The lowest BCUT2D eigenvalue weighted by Crippen LogP contribution is -2.35. The van der Waals surface area contributed by atoms with E-state index in [0.717, 1.165) is 6.42 Å². The summed E-state index contributed by atoms with van der Waals surface area (Å²) in [4.78, 5) is 12.2. The molecular formula is C16H20ClN3O2. The summed E-state index contributed by atoms with van der Waals surface area (Å²) < 4.78 is 7.48. The number of hydrogen-bond donors (Lipinski definition) is 1. The number of hydrogen-bond acceptors (Lipinski definition) is 3. The smallest absolute Gasteiger partial charge is 0.254 e. The van der Waals surface area contributed by atoms with Gasteiger partial charge in [0.2, 0.25) is 0 Å². The molecule has 0 unspecified atom stereocenters. The summed E-state index contributed by atoms with van der Waals surface area (Å²) in [5.74, 6) is 0.481. The Morgan fingerprint density at radius 1 is 1.45 bits per heavy atom. The van der Waals surface area contributed by atoms with E-state index in [9.17, 15) is 4.79 Å². The lowest BCUT2D eigenvalue weighted by Gasteiger charge is -2.18. The van der Waals surface area contributed by atoms with Crippen molar-refractivity contribution in [3.8, 4) is 5.75 Å². The van der Waals surface area contributed by atoms with Crippen LogP contribution in [0.4, 0.5) is 0 Å². The highest BCUT2D eigenvalue weighted by Crippen LogP contribution is 2.24. The molecule has 1 amide bonds. The highest BCUT2D eigenvalue weighted by Gasteiger charge is 2.15. The van der Waals surface area contributed by atoms with Crippen LogP contribution in [0.5, 0.6) is 5.75 Å². The number of para-hydroxylation sites is 1. The molecule has 2 rings (SSSR count). The van der Waals surface area contributed by atoms with Crippen molar-refractivity contribution in [1.29, 1.82) is 0 Å². The molecule has 0 saturated heterocycles. The lowest BCUT2D eigenvalue weighted by atomic mass is 10.2. The molecule has 0 aliphatic rings. The molecule has 1 heterocycles. The SMILES string of the molecule is CC[C@@H](CNC(=O)c1cn(C)nc1C)Oc1ccccc1Cl. The van der Waals surface area contributed by atoms with Crippen LogP contribution in [0.25, 0.3) is 0 Å². The average molecular weight is 322 g/mol. The van der Waals surface area contributed by atoms with Gasteiger partial charge in [-0.05, 0) is 25.5 Å². The van der Waals surface area contributed by atoms with Gasteiger partial charge in [0.05, 0.1) is 22.8 Å². The van der Waals surface area contributed by atoms with E-state index in [-0.39, 0.29) is 12.0 Å². The van der Waals surface area contributed by atoms with E-state index in [2.05, 4.69) is 10.4 Å². The number of benzene rings is 1. The predicted molar refractivity (Wildman–Crippen MR) is 86.4 cm³/mol. The van der Waals surface area contributed by atoms with E-state index >= 15 is 0 Å². The molecule has 118 valence electrons. The van der Waals surface area contributed by atoms with Gasteiger partial charge >= 0.3 is 0 Å². The minimum Gasteiger partial charge on any atom is -0.487 e. The molecule has 2 aromatic rings. The normalized spacial score (nSPS) is 12.0. The third-order valence-electron chi connectivity index (χ3n) is 3.33. The van der Waals surface area contributed by atoms with Gasteiger partial charge < -0.3 is 10.1 Å². The number of nitrogens with one attached hydrogen (secondary N) is 1. The maximum Gasteiger partial charge on any atom is 0.254 e. The molecule has 0 fully saturated rings. The highest BCUT2D eigenvalue weighted by molar-refractivity contribution is 6.32. The Labute approximate surface area is 135 Å². The Hall–Kier alpha value is -2.01. The largest absolute Gasteiger partial charge is 0.487 e. The number of aromatic nitrogens is 2. The first-order valence-electron chi connectivity index (χ1n) is 7.21. The van der Waals surface area contributed by atoms with Crippen LogP contribution in [-0.4, -0.2) is 28.3 Å². The quantitative estimate of drug-likeness (QED) is 0.890. The summed E-state index contributed by atoms with van der Waals surface area (Å²) in [5, 5.41) is 7.61. The molecule has 0 aliphatic heterocycles. The molecule has 0 aliphatic carbocycles. The van der Waals surface area contributed by atoms with E-state index in [0.29, 0.717) is 28.6 Å². The zero-order valence-electron chi connectivity index (χ0n) is 13.0. The van der Waals surface area contributed by atoms with Crippen LogP contribution in [0.15, 0.2) is 30.5 Å². The first kappa shape index (κ1) is 16.4. The number of halogens is 1. The molecule has 0 radical (unpaired) electrons. The summed E-state index contributed by atoms with van der Waals surface area (Å²) in [7, 11) is 1.79. The van der Waals surface area contributed by atoms with Gasteiger partial charge in [0, 0.05) is 13.2 Å². The summed E-state index contributed by atoms with van der Waals surface area (Å²) in [6.45, 7) is 4.23. The standard InChI is InChI=1S/C16H20ClN3O2/c1-4-12(22-15-8-6-5-7-14(15)17)9-18-16(21)13-10-20(3)19-11(13)2/h5-8,10,12H,4,9H2,1-3H3,(H,18,21)/t12-/m0/s1. The fourth-order valence-corrected chi connectivity index (χ4v) is 2.29. The zero-order valence-corrected chi connectivity index (χ0v) is 13.7. The van der Waals surface area contributed by atoms with Gasteiger partial charge in [-0.15, -0.1) is 0 Å². The highest BCUT2D eigenvalue weighted by atomic mass is 35.5. The van der Waals surface area contributed by atoms with Gasteiger partial charge in [0.15, 0.2) is 0 Å². The third kappa shape index (κ3) is 4.01. The van der Waals surface area contributed by atoms with Crippen LogP contribution in [0.1, 0.15) is 29.4 Å². The van der Waals surface area contributed by atoms with Gasteiger partial charge in [0.1, 0.15) is 11.9 Å². The molecule has 0 saturated carbocycles. The summed E-state index contributed by atoms with van der Waals surface area (Å²) in [5.41, 5.74) is 1.29. The van der Waals surface area contributed by atoms with Crippen LogP contribution < -0.4 is 10.1 Å². The Morgan fingerprint density at radius 2 is 2.18 bits per heavy atom. The van der Waals surface area contributed by atoms with E-state index in [4.69, 9.17) is 16.3 Å². The Bertz CT molecular complexity index is 655. The van der Waals surface area contributed by atoms with E-state index in [1.165, 1.54) is 0 Å². The molecule has 6 heteroatoms. The van der Waals surface area contributed by atoms with E-state index in [1.807, 2.05) is 32.0 Å². The minimum absolute atomic E-state index is 0.138. The van der Waals surface area contributed by atoms with Gasteiger partial charge in [-0.3, -0.25) is 9.48 Å². The Morgan fingerprint density at radius 3 is 2.77 bits per heavy atom. The number of amides is 1. The minimum atomic E-state index is -0.146. The second-order valence-corrected chi connectivity index (χ2v) is 5.50. The predicted octanol–water partition coefficient (Wildman–Crippen LogP) is 2.97. The number of aryl methyl sites for hydroxylation is 2. The van der Waals surface area contributed by atoms with Crippen molar-refractivity contribution in [1.82, 2.24) is 15.1 Å². The molecule has 0 bridgehead atoms. The first-order chi connectivity index (χ1) is 10.5. The van der Waals surface area contributed by atoms with Crippen LogP contribution >= 0.6 is 11.6 Å². The van der Waals surface area contributed by atoms with Gasteiger partial charge in [-0.25, -0.2) is 0 Å². The van der Waals surface area contributed by atoms with E-state index < -0.39 is 0 Å². The van der Waals surface area contributed by atoms with Crippen molar-refractivity contribution in [2.75, 3.05) is 6.54 Å². The lowest BCUT2D eigenvalue weighted by molar-refractivity contribution is 0.0925. The third-order valence-corrected chi connectivity index (χ3v) is 3.65. The fraction of sp³-hybridized carbons (Fsp3) is 0.375. The maximum atomic E-state index is 12.2. The van der Waals surface area contributed by atoms with Crippen LogP contribution in [-0.2, 0) is 7.05 Å². The molecule has 5 nitrogen and oxygen atoms in total. The van der Waals surface area contributed by atoms with E-state index in [1.54, 1.807) is 24.0 Å². The molecule has 1 atom stereocenters. The van der Waals surface area contributed by atoms with Crippen molar-refractivity contribution in [2.45, 2.75) is 26.4 Å². The summed E-state index contributed by atoms with van der Waals surface area (Å²) in [6, 6.07) is 7.31. The van der Waals surface area contributed by atoms with Gasteiger partial charge in [0.25, 0.3) is 5.91 Å². The second kappa shape index (κ2) is 7.31. The fourth-order valence-electron chi connectivity index (χ4n) is 2.11. The molecule has 0 spiro atoms. The van der Waals surface area contributed by atoms with Crippen LogP contribution in [0.2, 0.25) is 5.02 Å². The number of carbonyl (C=O) groups is 1. The number of carbonyl (C=O) groups excluding carboxylic acids is 1. The first-order valence-corrected chi connectivity index (χ1v) is 7.58. The van der Waals surface area contributed by atoms with Crippen LogP contribution in [0, 0.1) is 6.92 Å². The maximum absolute atomic E-state index is 12.2. The second-order valence-electron chi connectivity index (χ2n) is 5.09.